The summed E-state index contributed by atoms with van der Waals surface area (Å²) in [7, 11) is 3.51. The van der Waals surface area contributed by atoms with Gasteiger partial charge in [0.05, 0.1) is 12.7 Å². The maximum atomic E-state index is 13.5. The first-order valence-corrected chi connectivity index (χ1v) is 20.6. The fourth-order valence-electron chi connectivity index (χ4n) is 8.76. The molecular formula is C40H35BrF4N14O4. The van der Waals surface area contributed by atoms with Crippen LogP contribution in [-0.4, -0.2) is 84.7 Å². The monoisotopic (exact) mass is 930 g/mol. The van der Waals surface area contributed by atoms with Crippen LogP contribution < -0.4 is 21.3 Å². The molecule has 6 aromatic heterocycles. The zero-order valence-electron chi connectivity index (χ0n) is 33.3. The van der Waals surface area contributed by atoms with Crippen molar-refractivity contribution in [2.45, 2.75) is 24.9 Å². The van der Waals surface area contributed by atoms with Gasteiger partial charge in [0.1, 0.15) is 49.0 Å². The smallest absolute Gasteiger partial charge is 0.280 e. The number of nitrogens with zero attached hydrogens (tertiary/aromatic N) is 13. The van der Waals surface area contributed by atoms with Gasteiger partial charge in [-0.3, -0.25) is 18.7 Å². The lowest BCUT2D eigenvalue weighted by Gasteiger charge is -2.21. The minimum Gasteiger partial charge on any atom is -0.371 e. The molecule has 63 heavy (non-hydrogen) atoms. The van der Waals surface area contributed by atoms with Crippen LogP contribution in [-0.2, 0) is 27.2 Å². The van der Waals surface area contributed by atoms with Crippen LogP contribution in [0.3, 0.4) is 0 Å². The van der Waals surface area contributed by atoms with E-state index in [-0.39, 0.29) is 30.1 Å². The molecule has 4 fully saturated rings. The summed E-state index contributed by atoms with van der Waals surface area (Å²) in [5.41, 5.74) is 1.87. The zero-order valence-corrected chi connectivity index (χ0v) is 34.9. The van der Waals surface area contributed by atoms with Crippen LogP contribution in [0.1, 0.15) is 35.3 Å². The van der Waals surface area contributed by atoms with Gasteiger partial charge in [-0.1, -0.05) is 26.2 Å². The van der Waals surface area contributed by atoms with Gasteiger partial charge in [0.2, 0.25) is 11.8 Å². The maximum absolute atomic E-state index is 13.5. The van der Waals surface area contributed by atoms with E-state index < -0.39 is 23.3 Å². The molecule has 2 saturated heterocycles. The third-order valence-corrected chi connectivity index (χ3v) is 12.4. The molecule has 2 unspecified atom stereocenters. The van der Waals surface area contributed by atoms with E-state index in [1.54, 1.807) is 35.9 Å². The fourth-order valence-corrected chi connectivity index (χ4v) is 9.20. The van der Waals surface area contributed by atoms with Crippen molar-refractivity contribution in [3.8, 4) is 0 Å². The Bertz CT molecular complexity index is 3050. The molecule has 4 aliphatic rings. The standard InChI is InChI=1S/C20H17F2N7O2.C14H15N7O2.C6H3BrF2/c1-27-8-23-19-17(27)20(30)29(9-24-19)7-15-25-18(26-31-15)16-13-5-28(6-14(13)16)12-3-10(21)2-11(22)4-12;1-20-5-16-13-11(20)14(22)21(6-17-13)4-9-18-12(19-23-9)10-7-2-15-3-8(7)10;7-4-1-5(8)3-6(9)2-4/h2-4,8-9,13-14,16H,5-7H2,1H3;5-8,10,15H,2-4H2,1H3;1-3H/t13-,14+,16?;7-,8+,10?;. The van der Waals surface area contributed by atoms with E-state index in [1.165, 1.54) is 46.1 Å². The summed E-state index contributed by atoms with van der Waals surface area (Å²) < 4.78 is 68.6. The predicted molar refractivity (Wildman–Crippen MR) is 217 cm³/mol. The van der Waals surface area contributed by atoms with Crippen LogP contribution >= 0.6 is 15.9 Å². The zero-order chi connectivity index (χ0) is 43.7. The minimum absolute atomic E-state index is 0.122. The molecule has 6 atom stereocenters. The quantitative estimate of drug-likeness (QED) is 0.226. The summed E-state index contributed by atoms with van der Waals surface area (Å²) in [5, 5.41) is 11.5. The average molecular weight is 932 g/mol. The van der Waals surface area contributed by atoms with E-state index in [9.17, 15) is 27.2 Å². The van der Waals surface area contributed by atoms with Crippen molar-refractivity contribution in [2.75, 3.05) is 31.1 Å². The SMILES string of the molecule is Cn1cnc2ncn(Cc3nc(C4[C@H]5CN(c6cc(F)cc(F)c6)C[C@@H]45)no3)c(=O)c21.Cn1cnc2ncn(Cc3nc(C4[C@H]5CNC[C@@H]45)no3)c(=O)c21.Fc1cc(F)cc(Br)c1. The molecule has 0 spiro atoms. The Balaban J connectivity index is 0.000000129. The van der Waals surface area contributed by atoms with E-state index in [0.717, 1.165) is 31.0 Å². The lowest BCUT2D eigenvalue weighted by molar-refractivity contribution is 0.363. The summed E-state index contributed by atoms with van der Waals surface area (Å²) in [6.45, 7) is 3.77. The van der Waals surface area contributed by atoms with Gasteiger partial charge in [-0.2, -0.15) is 9.97 Å². The van der Waals surface area contributed by atoms with Crippen LogP contribution in [0.5, 0.6) is 0 Å². The highest BCUT2D eigenvalue weighted by Crippen LogP contribution is 2.58. The highest BCUT2D eigenvalue weighted by molar-refractivity contribution is 9.10. The molecular weight excluding hydrogens is 896 g/mol. The third-order valence-electron chi connectivity index (χ3n) is 11.9. The molecule has 8 heterocycles. The van der Waals surface area contributed by atoms with Crippen molar-refractivity contribution in [3.05, 3.63) is 134 Å². The van der Waals surface area contributed by atoms with E-state index in [1.807, 2.05) is 4.90 Å². The third kappa shape index (κ3) is 7.89. The Morgan fingerprint density at radius 2 is 1.06 bits per heavy atom. The van der Waals surface area contributed by atoms with Crippen LogP contribution in [0.25, 0.3) is 22.3 Å². The van der Waals surface area contributed by atoms with Crippen molar-refractivity contribution in [2.24, 2.45) is 37.8 Å². The number of halogens is 5. The molecule has 0 bridgehead atoms. The topological polar surface area (TPSA) is 199 Å². The molecule has 23 heteroatoms. The normalized spacial score (nSPS) is 21.8. The van der Waals surface area contributed by atoms with E-state index in [4.69, 9.17) is 9.05 Å². The molecule has 324 valence electrons. The van der Waals surface area contributed by atoms with Gasteiger partial charge in [0.15, 0.2) is 34.0 Å². The molecule has 1 N–H and O–H groups in total. The maximum Gasteiger partial charge on any atom is 0.280 e. The number of anilines is 1. The molecule has 12 rings (SSSR count). The number of aryl methyl sites for hydroxylation is 2. The number of aromatic nitrogens is 12. The van der Waals surface area contributed by atoms with Crippen molar-refractivity contribution in [3.63, 3.8) is 0 Å². The van der Waals surface area contributed by atoms with Crippen molar-refractivity contribution in [1.82, 2.24) is 63.8 Å². The van der Waals surface area contributed by atoms with E-state index >= 15 is 0 Å². The first-order valence-electron chi connectivity index (χ1n) is 19.8. The molecule has 2 aliphatic heterocycles. The largest absolute Gasteiger partial charge is 0.371 e. The van der Waals surface area contributed by atoms with Crippen LogP contribution in [0.4, 0.5) is 23.2 Å². The van der Waals surface area contributed by atoms with Crippen LogP contribution in [0.15, 0.2) is 84.8 Å². The molecule has 0 amide bonds. The summed E-state index contributed by atoms with van der Waals surface area (Å²) in [6, 6.07) is 6.79. The molecule has 0 radical (unpaired) electrons. The fraction of sp³-hybridized carbons (Fsp3) is 0.350. The highest BCUT2D eigenvalue weighted by Gasteiger charge is 2.59. The van der Waals surface area contributed by atoms with Gasteiger partial charge in [-0.25, -0.2) is 37.5 Å². The van der Waals surface area contributed by atoms with Gasteiger partial charge in [0.25, 0.3) is 11.1 Å². The van der Waals surface area contributed by atoms with Gasteiger partial charge in [-0.05, 0) is 61.0 Å². The highest BCUT2D eigenvalue weighted by atomic mass is 79.9. The molecule has 2 aromatic carbocycles. The van der Waals surface area contributed by atoms with Gasteiger partial charge >= 0.3 is 0 Å². The first-order chi connectivity index (χ1) is 30.4. The van der Waals surface area contributed by atoms with Gasteiger partial charge in [0, 0.05) is 61.3 Å². The summed E-state index contributed by atoms with van der Waals surface area (Å²) >= 11 is 2.93. The second-order valence-corrected chi connectivity index (χ2v) is 16.9. The first kappa shape index (κ1) is 40.5. The molecule has 2 saturated carbocycles. The number of benzene rings is 2. The Kier molecular flexibility index (Phi) is 10.2. The Morgan fingerprint density at radius 1 is 0.635 bits per heavy atom. The summed E-state index contributed by atoms with van der Waals surface area (Å²) in [6.07, 6.45) is 6.01. The second-order valence-electron chi connectivity index (χ2n) is 16.0. The van der Waals surface area contributed by atoms with Crippen LogP contribution in [0, 0.1) is 46.9 Å². The van der Waals surface area contributed by atoms with Gasteiger partial charge < -0.3 is 28.4 Å². The number of hydrogen-bond acceptors (Lipinski definition) is 14. The lowest BCUT2D eigenvalue weighted by Crippen LogP contribution is -2.24. The summed E-state index contributed by atoms with van der Waals surface area (Å²) in [4.78, 5) is 52.6. The van der Waals surface area contributed by atoms with E-state index in [2.05, 4.69) is 61.5 Å². The lowest BCUT2D eigenvalue weighted by atomic mass is 10.2. The number of nitrogens with one attached hydrogen (secondary N) is 1. The number of fused-ring (bicyclic) bond motifs is 4. The van der Waals surface area contributed by atoms with E-state index in [0.29, 0.717) is 92.8 Å². The molecule has 8 aromatic rings. The van der Waals surface area contributed by atoms with Crippen LogP contribution in [0.2, 0.25) is 0 Å². The average Bonchev–Trinajstić information content (AvgIpc) is 3.80. The number of piperidine rings is 2. The Hall–Kier alpha value is -6.62. The second kappa shape index (κ2) is 15.9. The van der Waals surface area contributed by atoms with Gasteiger partial charge in [-0.15, -0.1) is 0 Å². The predicted octanol–water partition coefficient (Wildman–Crippen LogP) is 3.91. The molecule has 18 nitrogen and oxygen atoms in total. The molecule has 2 aliphatic carbocycles. The Morgan fingerprint density at radius 3 is 1.52 bits per heavy atom. The minimum atomic E-state index is -0.580. The number of hydrogen-bond donors (Lipinski definition) is 1. The number of imidazole rings is 2. The number of rotatable bonds is 7. The van der Waals surface area contributed by atoms with Crippen molar-refractivity contribution < 1.29 is 26.6 Å². The van der Waals surface area contributed by atoms with Crippen molar-refractivity contribution >= 4 is 43.9 Å². The Labute approximate surface area is 360 Å². The summed E-state index contributed by atoms with van der Waals surface area (Å²) in [5.74, 6) is 2.29. The van der Waals surface area contributed by atoms with Crippen molar-refractivity contribution in [1.29, 1.82) is 0 Å².